The lowest BCUT2D eigenvalue weighted by Crippen LogP contribution is -2.55. The Bertz CT molecular complexity index is 885. The number of piperazine rings is 1. The van der Waals surface area contributed by atoms with E-state index in [1.807, 2.05) is 59.5 Å². The van der Waals surface area contributed by atoms with Gasteiger partial charge < -0.3 is 9.64 Å². The predicted molar refractivity (Wildman–Crippen MR) is 106 cm³/mol. The van der Waals surface area contributed by atoms with Crippen molar-refractivity contribution in [2.75, 3.05) is 19.6 Å². The fourth-order valence-electron chi connectivity index (χ4n) is 3.56. The average molecular weight is 460 g/mol. The van der Waals surface area contributed by atoms with Crippen LogP contribution in [0.25, 0.3) is 11.1 Å². The normalized spacial score (nSPS) is 18.1. The molecule has 1 atom stereocenters. The van der Waals surface area contributed by atoms with Crippen molar-refractivity contribution in [3.05, 3.63) is 60.2 Å². The van der Waals surface area contributed by atoms with Crippen LogP contribution < -0.4 is 0 Å². The molecule has 2 aromatic carbocycles. The fraction of sp³-hybridized carbons (Fsp3) is 0.409. The van der Waals surface area contributed by atoms with Gasteiger partial charge in [-0.2, -0.15) is 26.3 Å². The largest absolute Gasteiger partial charge is 0.434 e. The monoisotopic (exact) mass is 460 g/mol. The maximum absolute atomic E-state index is 12.6. The number of alkyl halides is 6. The summed E-state index contributed by atoms with van der Waals surface area (Å²) < 4.78 is 79.6. The van der Waals surface area contributed by atoms with Crippen molar-refractivity contribution in [3.8, 4) is 11.1 Å². The van der Waals surface area contributed by atoms with E-state index in [2.05, 4.69) is 4.74 Å². The van der Waals surface area contributed by atoms with E-state index in [4.69, 9.17) is 0 Å². The molecule has 1 saturated heterocycles. The number of rotatable bonds is 4. The van der Waals surface area contributed by atoms with E-state index < -0.39 is 24.5 Å². The van der Waals surface area contributed by atoms with Crippen LogP contribution in [0.15, 0.2) is 54.6 Å². The number of nitrogens with zero attached hydrogens (tertiary/aromatic N) is 2. The summed E-state index contributed by atoms with van der Waals surface area (Å²) in [6.07, 6.45) is -17.2. The smallest absolute Gasteiger partial charge is 0.426 e. The van der Waals surface area contributed by atoms with E-state index in [1.165, 1.54) is 0 Å². The summed E-state index contributed by atoms with van der Waals surface area (Å²) in [7, 11) is 0. The minimum absolute atomic E-state index is 0.0340. The van der Waals surface area contributed by atoms with Crippen molar-refractivity contribution in [2.24, 2.45) is 0 Å². The Morgan fingerprint density at radius 1 is 0.938 bits per heavy atom. The van der Waals surface area contributed by atoms with Gasteiger partial charge in [-0.1, -0.05) is 54.6 Å². The quantitative estimate of drug-likeness (QED) is 0.566. The second-order valence-corrected chi connectivity index (χ2v) is 7.68. The first-order chi connectivity index (χ1) is 14.9. The lowest BCUT2D eigenvalue weighted by molar-refractivity contribution is -0.308. The lowest BCUT2D eigenvalue weighted by Gasteiger charge is -2.39. The molecule has 0 aromatic heterocycles. The standard InChI is InChI=1S/C22H22F6N2O2/c1-15-13-30(20(31)32-19(21(23,24)25)22(26,27)28)12-11-29(15)14-16-7-9-18(10-8-16)17-5-3-2-4-6-17/h2-10,15,19H,11-14H2,1H3. The molecule has 3 rings (SSSR count). The molecule has 1 fully saturated rings. The van der Waals surface area contributed by atoms with Gasteiger partial charge in [-0.25, -0.2) is 4.79 Å². The molecule has 0 spiro atoms. The second kappa shape index (κ2) is 9.40. The Hall–Kier alpha value is -2.75. The van der Waals surface area contributed by atoms with Gasteiger partial charge in [-0.3, -0.25) is 4.90 Å². The van der Waals surface area contributed by atoms with Crippen molar-refractivity contribution < 1.29 is 35.9 Å². The number of hydrogen-bond donors (Lipinski definition) is 0. The van der Waals surface area contributed by atoms with Gasteiger partial charge in [0.2, 0.25) is 0 Å². The van der Waals surface area contributed by atoms with Gasteiger partial charge in [-0.15, -0.1) is 0 Å². The molecule has 0 aliphatic carbocycles. The van der Waals surface area contributed by atoms with Gasteiger partial charge >= 0.3 is 18.4 Å². The number of ether oxygens (including phenoxy) is 1. The molecule has 0 bridgehead atoms. The highest BCUT2D eigenvalue weighted by atomic mass is 19.4. The van der Waals surface area contributed by atoms with Crippen LogP contribution in [-0.4, -0.2) is 60.0 Å². The SMILES string of the molecule is CC1CN(C(=O)OC(C(F)(F)F)C(F)(F)F)CCN1Cc1ccc(-c2ccccc2)cc1. The van der Waals surface area contributed by atoms with Crippen molar-refractivity contribution in [1.82, 2.24) is 9.80 Å². The summed E-state index contributed by atoms with van der Waals surface area (Å²) in [5, 5.41) is 0. The summed E-state index contributed by atoms with van der Waals surface area (Å²) in [6.45, 7) is 2.51. The zero-order valence-electron chi connectivity index (χ0n) is 17.2. The van der Waals surface area contributed by atoms with Crippen molar-refractivity contribution in [1.29, 1.82) is 0 Å². The van der Waals surface area contributed by atoms with Crippen LogP contribution in [-0.2, 0) is 11.3 Å². The van der Waals surface area contributed by atoms with E-state index in [-0.39, 0.29) is 19.1 Å². The first kappa shape index (κ1) is 23.9. The third-order valence-corrected chi connectivity index (χ3v) is 5.28. The molecule has 2 aromatic rings. The van der Waals surface area contributed by atoms with E-state index in [9.17, 15) is 31.1 Å². The molecule has 32 heavy (non-hydrogen) atoms. The molecule has 0 radical (unpaired) electrons. The highest BCUT2D eigenvalue weighted by Gasteiger charge is 2.60. The molecule has 1 aliphatic heterocycles. The Labute approximate surface area is 181 Å². The Morgan fingerprint density at radius 2 is 1.50 bits per heavy atom. The molecule has 0 N–H and O–H groups in total. The second-order valence-electron chi connectivity index (χ2n) is 7.68. The molecule has 1 aliphatic rings. The number of benzene rings is 2. The average Bonchev–Trinajstić information content (AvgIpc) is 2.73. The van der Waals surface area contributed by atoms with Crippen molar-refractivity contribution in [2.45, 2.75) is 38.0 Å². The molecule has 4 nitrogen and oxygen atoms in total. The van der Waals surface area contributed by atoms with E-state index in [1.54, 1.807) is 6.92 Å². The number of amides is 1. The molecular weight excluding hydrogens is 438 g/mol. The lowest BCUT2D eigenvalue weighted by atomic mass is 10.0. The first-order valence-electron chi connectivity index (χ1n) is 9.92. The van der Waals surface area contributed by atoms with Gasteiger partial charge in [0, 0.05) is 32.2 Å². The summed E-state index contributed by atoms with van der Waals surface area (Å²) in [5.41, 5.74) is 3.14. The fourth-order valence-corrected chi connectivity index (χ4v) is 3.56. The summed E-state index contributed by atoms with van der Waals surface area (Å²) in [4.78, 5) is 14.9. The Balaban J connectivity index is 1.57. The Morgan fingerprint density at radius 3 is 2.03 bits per heavy atom. The van der Waals surface area contributed by atoms with Gasteiger partial charge in [0.15, 0.2) is 0 Å². The van der Waals surface area contributed by atoms with E-state index in [0.29, 0.717) is 13.1 Å². The van der Waals surface area contributed by atoms with E-state index >= 15 is 0 Å². The number of hydrogen-bond acceptors (Lipinski definition) is 3. The maximum Gasteiger partial charge on any atom is 0.434 e. The predicted octanol–water partition coefficient (Wildman–Crippen LogP) is 5.49. The molecule has 1 amide bonds. The first-order valence-corrected chi connectivity index (χ1v) is 9.92. The van der Waals surface area contributed by atoms with Crippen LogP contribution in [0.2, 0.25) is 0 Å². The summed E-state index contributed by atoms with van der Waals surface area (Å²) >= 11 is 0. The highest BCUT2D eigenvalue weighted by Crippen LogP contribution is 2.36. The molecule has 0 saturated carbocycles. The van der Waals surface area contributed by atoms with Crippen molar-refractivity contribution >= 4 is 6.09 Å². The van der Waals surface area contributed by atoms with Crippen LogP contribution in [0, 0.1) is 0 Å². The zero-order valence-corrected chi connectivity index (χ0v) is 17.2. The molecule has 1 unspecified atom stereocenters. The molecule has 1 heterocycles. The minimum Gasteiger partial charge on any atom is -0.426 e. The zero-order chi connectivity index (χ0) is 23.5. The van der Waals surface area contributed by atoms with Crippen LogP contribution in [0.1, 0.15) is 12.5 Å². The van der Waals surface area contributed by atoms with E-state index in [0.717, 1.165) is 21.6 Å². The topological polar surface area (TPSA) is 32.8 Å². The molecular formula is C22H22F6N2O2. The van der Waals surface area contributed by atoms with Gasteiger partial charge in [0.25, 0.3) is 6.10 Å². The van der Waals surface area contributed by atoms with Gasteiger partial charge in [0.1, 0.15) is 0 Å². The van der Waals surface area contributed by atoms with Crippen LogP contribution in [0.4, 0.5) is 31.1 Å². The number of carbonyl (C=O) groups excluding carboxylic acids is 1. The molecule has 174 valence electrons. The molecule has 10 heteroatoms. The summed E-state index contributed by atoms with van der Waals surface area (Å²) in [6, 6.07) is 17.4. The van der Waals surface area contributed by atoms with Crippen LogP contribution in [0.3, 0.4) is 0 Å². The van der Waals surface area contributed by atoms with Gasteiger partial charge in [-0.05, 0) is 23.6 Å². The third-order valence-electron chi connectivity index (χ3n) is 5.28. The summed E-state index contributed by atoms with van der Waals surface area (Å²) in [5.74, 6) is 0. The van der Waals surface area contributed by atoms with Crippen molar-refractivity contribution in [3.63, 3.8) is 0 Å². The van der Waals surface area contributed by atoms with Crippen LogP contribution in [0.5, 0.6) is 0 Å². The van der Waals surface area contributed by atoms with Crippen LogP contribution >= 0.6 is 0 Å². The number of carbonyl (C=O) groups is 1. The Kier molecular flexibility index (Phi) is 7.02. The minimum atomic E-state index is -5.73. The third kappa shape index (κ3) is 5.93. The maximum atomic E-state index is 12.6. The number of halogens is 6. The van der Waals surface area contributed by atoms with Gasteiger partial charge in [0.05, 0.1) is 0 Å². The highest BCUT2D eigenvalue weighted by molar-refractivity contribution is 5.68.